The van der Waals surface area contributed by atoms with Crippen molar-refractivity contribution in [1.29, 1.82) is 0 Å². The van der Waals surface area contributed by atoms with E-state index in [1.54, 1.807) is 26.1 Å². The lowest BCUT2D eigenvalue weighted by Crippen LogP contribution is -2.33. The van der Waals surface area contributed by atoms with E-state index in [9.17, 15) is 9.50 Å². The van der Waals surface area contributed by atoms with Crippen LogP contribution in [0.25, 0.3) is 0 Å². The molecule has 0 saturated carbocycles. The van der Waals surface area contributed by atoms with Gasteiger partial charge in [-0.2, -0.15) is 0 Å². The summed E-state index contributed by atoms with van der Waals surface area (Å²) in [7, 11) is 1.74. The molecule has 96 valence electrons. The molecule has 1 atom stereocenters. The van der Waals surface area contributed by atoms with E-state index in [4.69, 9.17) is 4.74 Å². The second-order valence-corrected chi connectivity index (χ2v) is 4.62. The summed E-state index contributed by atoms with van der Waals surface area (Å²) in [6.45, 7) is 5.67. The van der Waals surface area contributed by atoms with Crippen LogP contribution in [0.4, 0.5) is 4.39 Å². The van der Waals surface area contributed by atoms with Gasteiger partial charge in [-0.15, -0.1) is 0 Å². The molecule has 1 aromatic rings. The number of ether oxygens (including phenoxy) is 1. The first-order chi connectivity index (χ1) is 7.86. The topological polar surface area (TPSA) is 41.5 Å². The summed E-state index contributed by atoms with van der Waals surface area (Å²) in [5.74, 6) is -0.239. The second-order valence-electron chi connectivity index (χ2n) is 4.62. The number of halogens is 1. The van der Waals surface area contributed by atoms with Gasteiger partial charge >= 0.3 is 0 Å². The maximum Gasteiger partial charge on any atom is 0.165 e. The van der Waals surface area contributed by atoms with Crippen LogP contribution in [-0.2, 0) is 5.60 Å². The highest BCUT2D eigenvalue weighted by molar-refractivity contribution is 5.32. The van der Waals surface area contributed by atoms with E-state index in [-0.39, 0.29) is 11.9 Å². The van der Waals surface area contributed by atoms with E-state index in [0.29, 0.717) is 12.1 Å². The summed E-state index contributed by atoms with van der Waals surface area (Å²) in [5, 5.41) is 13.0. The van der Waals surface area contributed by atoms with E-state index in [1.807, 2.05) is 13.8 Å². The standard InChI is InChI=1S/C13H20FNO2/c1-9(2)17-12-6-5-10(7-11(12)14)13(3,16)8-15-4/h5-7,9,15-16H,8H2,1-4H3. The third-order valence-electron chi connectivity index (χ3n) is 2.44. The second kappa shape index (κ2) is 5.47. The molecule has 0 aliphatic rings. The van der Waals surface area contributed by atoms with Gasteiger partial charge in [0.25, 0.3) is 0 Å². The molecule has 0 amide bonds. The molecule has 0 saturated heterocycles. The summed E-state index contributed by atoms with van der Waals surface area (Å²) in [6.07, 6.45) is -0.0758. The molecule has 1 aromatic carbocycles. The maximum atomic E-state index is 13.7. The van der Waals surface area contributed by atoms with Crippen LogP contribution < -0.4 is 10.1 Å². The summed E-state index contributed by atoms with van der Waals surface area (Å²) < 4.78 is 19.0. The van der Waals surface area contributed by atoms with Crippen LogP contribution in [0.1, 0.15) is 26.3 Å². The van der Waals surface area contributed by atoms with Crippen molar-refractivity contribution in [2.45, 2.75) is 32.5 Å². The van der Waals surface area contributed by atoms with Gasteiger partial charge in [0.05, 0.1) is 11.7 Å². The quantitative estimate of drug-likeness (QED) is 0.829. The van der Waals surface area contributed by atoms with Crippen LogP contribution in [0.2, 0.25) is 0 Å². The molecule has 0 spiro atoms. The summed E-state index contributed by atoms with van der Waals surface area (Å²) >= 11 is 0. The van der Waals surface area contributed by atoms with Crippen molar-refractivity contribution in [2.75, 3.05) is 13.6 Å². The summed E-state index contributed by atoms with van der Waals surface area (Å²) in [6, 6.07) is 4.54. The Bertz CT molecular complexity index is 378. The van der Waals surface area contributed by atoms with Crippen LogP contribution in [0, 0.1) is 5.82 Å². The maximum absolute atomic E-state index is 13.7. The molecular formula is C13H20FNO2. The van der Waals surface area contributed by atoms with Crippen LogP contribution >= 0.6 is 0 Å². The molecule has 1 rings (SSSR count). The fraction of sp³-hybridized carbons (Fsp3) is 0.538. The fourth-order valence-corrected chi connectivity index (χ4v) is 1.63. The molecule has 0 fully saturated rings. The third kappa shape index (κ3) is 3.68. The SMILES string of the molecule is CNCC(C)(O)c1ccc(OC(C)C)c(F)c1. The minimum Gasteiger partial charge on any atom is -0.488 e. The van der Waals surface area contributed by atoms with E-state index >= 15 is 0 Å². The predicted molar refractivity (Wildman–Crippen MR) is 65.7 cm³/mol. The predicted octanol–water partition coefficient (Wildman–Crippen LogP) is 2.04. The number of hydrogen-bond donors (Lipinski definition) is 2. The van der Waals surface area contributed by atoms with Crippen LogP contribution in [0.15, 0.2) is 18.2 Å². The van der Waals surface area contributed by atoms with Crippen molar-refractivity contribution < 1.29 is 14.2 Å². The molecule has 4 heteroatoms. The summed E-state index contributed by atoms with van der Waals surface area (Å²) in [5.41, 5.74) is -0.563. The molecule has 0 aromatic heterocycles. The van der Waals surface area contributed by atoms with Gasteiger partial charge in [-0.25, -0.2) is 4.39 Å². The number of hydrogen-bond acceptors (Lipinski definition) is 3. The van der Waals surface area contributed by atoms with Crippen molar-refractivity contribution in [1.82, 2.24) is 5.32 Å². The van der Waals surface area contributed by atoms with Gasteiger partial charge in [0.15, 0.2) is 11.6 Å². The highest BCUT2D eigenvalue weighted by atomic mass is 19.1. The zero-order chi connectivity index (χ0) is 13.1. The van der Waals surface area contributed by atoms with E-state index < -0.39 is 11.4 Å². The average Bonchev–Trinajstić information content (AvgIpc) is 2.20. The Morgan fingerprint density at radius 1 is 1.47 bits per heavy atom. The highest BCUT2D eigenvalue weighted by Gasteiger charge is 2.23. The Hall–Kier alpha value is -1.13. The highest BCUT2D eigenvalue weighted by Crippen LogP contribution is 2.26. The zero-order valence-electron chi connectivity index (χ0n) is 10.7. The molecule has 0 aliphatic carbocycles. The van der Waals surface area contributed by atoms with Crippen molar-refractivity contribution in [2.24, 2.45) is 0 Å². The van der Waals surface area contributed by atoms with Crippen molar-refractivity contribution in [3.63, 3.8) is 0 Å². The Balaban J connectivity index is 2.95. The normalized spacial score (nSPS) is 14.8. The Morgan fingerprint density at radius 3 is 2.59 bits per heavy atom. The Labute approximate surface area is 102 Å². The smallest absolute Gasteiger partial charge is 0.165 e. The first-order valence-corrected chi connectivity index (χ1v) is 5.70. The van der Waals surface area contributed by atoms with E-state index in [1.165, 1.54) is 6.07 Å². The lowest BCUT2D eigenvalue weighted by atomic mass is 9.96. The molecule has 0 heterocycles. The lowest BCUT2D eigenvalue weighted by molar-refractivity contribution is 0.0587. The van der Waals surface area contributed by atoms with Crippen molar-refractivity contribution >= 4 is 0 Å². The summed E-state index contributed by atoms with van der Waals surface area (Å²) in [4.78, 5) is 0. The first kappa shape index (κ1) is 13.9. The molecule has 1 unspecified atom stereocenters. The van der Waals surface area contributed by atoms with Gasteiger partial charge in [-0.1, -0.05) is 6.07 Å². The molecular weight excluding hydrogens is 221 g/mol. The fourth-order valence-electron chi connectivity index (χ4n) is 1.63. The zero-order valence-corrected chi connectivity index (χ0v) is 10.7. The van der Waals surface area contributed by atoms with E-state index in [2.05, 4.69) is 5.32 Å². The van der Waals surface area contributed by atoms with Crippen molar-refractivity contribution in [3.8, 4) is 5.75 Å². The molecule has 0 bridgehead atoms. The number of aliphatic hydroxyl groups is 1. The van der Waals surface area contributed by atoms with E-state index in [0.717, 1.165) is 0 Å². The molecule has 2 N–H and O–H groups in total. The van der Waals surface area contributed by atoms with Gasteiger partial charge in [-0.3, -0.25) is 0 Å². The van der Waals surface area contributed by atoms with Crippen LogP contribution in [0.5, 0.6) is 5.75 Å². The Kier molecular flexibility index (Phi) is 4.48. The monoisotopic (exact) mass is 241 g/mol. The molecule has 3 nitrogen and oxygen atoms in total. The van der Waals surface area contributed by atoms with Crippen molar-refractivity contribution in [3.05, 3.63) is 29.6 Å². The van der Waals surface area contributed by atoms with Gasteiger partial charge in [0.2, 0.25) is 0 Å². The first-order valence-electron chi connectivity index (χ1n) is 5.70. The van der Waals surface area contributed by atoms with Gasteiger partial charge < -0.3 is 15.2 Å². The van der Waals surface area contributed by atoms with Gasteiger partial charge in [-0.05, 0) is 45.5 Å². The molecule has 0 aliphatic heterocycles. The number of benzene rings is 1. The minimum atomic E-state index is -1.09. The Morgan fingerprint density at radius 2 is 2.12 bits per heavy atom. The van der Waals surface area contributed by atoms with Crippen LogP contribution in [-0.4, -0.2) is 24.8 Å². The molecule has 17 heavy (non-hydrogen) atoms. The third-order valence-corrected chi connectivity index (χ3v) is 2.44. The number of nitrogens with one attached hydrogen (secondary N) is 1. The van der Waals surface area contributed by atoms with Gasteiger partial charge in [0.1, 0.15) is 0 Å². The lowest BCUT2D eigenvalue weighted by Gasteiger charge is -2.24. The average molecular weight is 241 g/mol. The number of rotatable bonds is 5. The van der Waals surface area contributed by atoms with Gasteiger partial charge in [0, 0.05) is 6.54 Å². The number of likely N-dealkylation sites (N-methyl/N-ethyl adjacent to an activating group) is 1. The molecule has 0 radical (unpaired) electrons. The largest absolute Gasteiger partial charge is 0.488 e. The van der Waals surface area contributed by atoms with Crippen LogP contribution in [0.3, 0.4) is 0 Å². The minimum absolute atomic E-state index is 0.0758.